The van der Waals surface area contributed by atoms with Crippen LogP contribution in [0, 0.1) is 13.8 Å². The first-order valence-corrected chi connectivity index (χ1v) is 11.1. The second-order valence-corrected chi connectivity index (χ2v) is 8.60. The monoisotopic (exact) mass is 425 g/mol. The highest BCUT2D eigenvalue weighted by molar-refractivity contribution is 5.94. The number of hydrogen-bond acceptors (Lipinski definition) is 4. The van der Waals surface area contributed by atoms with Crippen molar-refractivity contribution in [3.8, 4) is 0 Å². The van der Waals surface area contributed by atoms with Crippen LogP contribution in [0.4, 0.5) is 11.5 Å². The second-order valence-electron chi connectivity index (χ2n) is 8.60. The first kappa shape index (κ1) is 20.2. The molecule has 2 aromatic carbocycles. The number of carbonyl (C=O) groups excluding carboxylic acids is 1. The van der Waals surface area contributed by atoms with Crippen LogP contribution in [0.5, 0.6) is 0 Å². The van der Waals surface area contributed by atoms with Crippen LogP contribution >= 0.6 is 0 Å². The van der Waals surface area contributed by atoms with Gasteiger partial charge in [-0.05, 0) is 55.4 Å². The Morgan fingerprint density at radius 1 is 1.03 bits per heavy atom. The van der Waals surface area contributed by atoms with Crippen LogP contribution in [0.25, 0.3) is 5.65 Å². The van der Waals surface area contributed by atoms with E-state index in [1.807, 2.05) is 17.0 Å². The lowest BCUT2D eigenvalue weighted by atomic mass is 9.89. The molecule has 1 saturated heterocycles. The van der Waals surface area contributed by atoms with E-state index in [0.717, 1.165) is 37.2 Å². The average Bonchev–Trinajstić information content (AvgIpc) is 3.23. The summed E-state index contributed by atoms with van der Waals surface area (Å²) in [5, 5.41) is 7.96. The standard InChI is InChI=1S/C26H27N5O/c1-18-8-9-19(2)23(14-18)28-24-15-25-27-16-22(17-31(25)29-24)26(32)30-12-10-21(11-13-30)20-6-4-3-5-7-20/h3-9,14-17,21H,10-13H2,1-2H3,(H,28,29). The normalized spacial score (nSPS) is 14.6. The van der Waals surface area contributed by atoms with E-state index in [0.29, 0.717) is 22.9 Å². The van der Waals surface area contributed by atoms with Gasteiger partial charge in [-0.1, -0.05) is 42.5 Å². The molecule has 3 heterocycles. The summed E-state index contributed by atoms with van der Waals surface area (Å²) in [6.45, 7) is 5.65. The van der Waals surface area contributed by atoms with Crippen molar-refractivity contribution in [2.24, 2.45) is 0 Å². The van der Waals surface area contributed by atoms with E-state index in [-0.39, 0.29) is 5.91 Å². The number of amides is 1. The zero-order valence-electron chi connectivity index (χ0n) is 18.5. The number of fused-ring (bicyclic) bond motifs is 1. The molecule has 0 radical (unpaired) electrons. The molecule has 4 aromatic rings. The molecule has 0 spiro atoms. The Balaban J connectivity index is 1.29. The van der Waals surface area contributed by atoms with Crippen molar-refractivity contribution in [2.75, 3.05) is 18.4 Å². The fraction of sp³-hybridized carbons (Fsp3) is 0.269. The van der Waals surface area contributed by atoms with E-state index in [4.69, 9.17) is 0 Å². The number of hydrogen-bond donors (Lipinski definition) is 1. The van der Waals surface area contributed by atoms with Crippen molar-refractivity contribution >= 4 is 23.1 Å². The number of aromatic nitrogens is 3. The summed E-state index contributed by atoms with van der Waals surface area (Å²) in [4.78, 5) is 19.5. The number of anilines is 2. The Kier molecular flexibility index (Phi) is 5.35. The van der Waals surface area contributed by atoms with Crippen LogP contribution in [-0.4, -0.2) is 38.5 Å². The van der Waals surface area contributed by atoms with Crippen LogP contribution in [0.1, 0.15) is 45.8 Å². The predicted molar refractivity (Wildman–Crippen MR) is 127 cm³/mol. The smallest absolute Gasteiger partial charge is 0.256 e. The van der Waals surface area contributed by atoms with Gasteiger partial charge in [0.1, 0.15) is 0 Å². The highest BCUT2D eigenvalue weighted by atomic mass is 16.2. The van der Waals surface area contributed by atoms with Crippen LogP contribution in [0.2, 0.25) is 0 Å². The van der Waals surface area contributed by atoms with Gasteiger partial charge in [0.25, 0.3) is 5.91 Å². The van der Waals surface area contributed by atoms with Crippen molar-refractivity contribution in [1.82, 2.24) is 19.5 Å². The third-order valence-electron chi connectivity index (χ3n) is 6.27. The van der Waals surface area contributed by atoms with Gasteiger partial charge in [0.15, 0.2) is 11.5 Å². The first-order chi connectivity index (χ1) is 15.6. The van der Waals surface area contributed by atoms with Crippen molar-refractivity contribution in [1.29, 1.82) is 0 Å². The lowest BCUT2D eigenvalue weighted by Crippen LogP contribution is -2.38. The van der Waals surface area contributed by atoms with E-state index in [1.54, 1.807) is 16.9 Å². The summed E-state index contributed by atoms with van der Waals surface area (Å²) < 4.78 is 1.68. The van der Waals surface area contributed by atoms with Gasteiger partial charge >= 0.3 is 0 Å². The van der Waals surface area contributed by atoms with Crippen molar-refractivity contribution in [3.05, 3.63) is 89.2 Å². The molecule has 0 bridgehead atoms. The number of benzene rings is 2. The van der Waals surface area contributed by atoms with Crippen molar-refractivity contribution in [3.63, 3.8) is 0 Å². The van der Waals surface area contributed by atoms with Gasteiger partial charge in [0.2, 0.25) is 0 Å². The number of likely N-dealkylation sites (tertiary alicyclic amines) is 1. The van der Waals surface area contributed by atoms with E-state index < -0.39 is 0 Å². The second kappa shape index (κ2) is 8.46. The molecule has 6 nitrogen and oxygen atoms in total. The van der Waals surface area contributed by atoms with Crippen LogP contribution < -0.4 is 5.32 Å². The van der Waals surface area contributed by atoms with Gasteiger partial charge in [0, 0.05) is 37.2 Å². The van der Waals surface area contributed by atoms with E-state index in [2.05, 4.69) is 71.7 Å². The average molecular weight is 426 g/mol. The molecule has 2 aromatic heterocycles. The Labute approximate surface area is 187 Å². The van der Waals surface area contributed by atoms with Gasteiger partial charge in [-0.25, -0.2) is 9.50 Å². The van der Waals surface area contributed by atoms with Gasteiger partial charge in [0.05, 0.1) is 5.56 Å². The van der Waals surface area contributed by atoms with Gasteiger partial charge in [-0.15, -0.1) is 5.10 Å². The summed E-state index contributed by atoms with van der Waals surface area (Å²) in [5.74, 6) is 1.25. The summed E-state index contributed by atoms with van der Waals surface area (Å²) in [7, 11) is 0. The molecular formula is C26H27N5O. The predicted octanol–water partition coefficient (Wildman–Crippen LogP) is 5.11. The summed E-state index contributed by atoms with van der Waals surface area (Å²) >= 11 is 0. The number of aryl methyl sites for hydroxylation is 2. The molecule has 0 saturated carbocycles. The Hall–Kier alpha value is -3.67. The summed E-state index contributed by atoms with van der Waals surface area (Å²) in [5.41, 5.74) is 5.99. The van der Waals surface area contributed by atoms with Crippen molar-refractivity contribution in [2.45, 2.75) is 32.6 Å². The SMILES string of the molecule is Cc1ccc(C)c(Nc2cc3ncc(C(=O)N4CCC(c5ccccc5)CC4)cn3n2)c1. The maximum Gasteiger partial charge on any atom is 0.256 e. The van der Waals surface area contributed by atoms with E-state index in [1.165, 1.54) is 11.1 Å². The van der Waals surface area contributed by atoms with Crippen LogP contribution in [0.3, 0.4) is 0 Å². The summed E-state index contributed by atoms with van der Waals surface area (Å²) in [6, 6.07) is 18.7. The molecule has 1 aliphatic rings. The summed E-state index contributed by atoms with van der Waals surface area (Å²) in [6.07, 6.45) is 5.40. The first-order valence-electron chi connectivity index (χ1n) is 11.1. The zero-order valence-corrected chi connectivity index (χ0v) is 18.5. The number of nitrogens with one attached hydrogen (secondary N) is 1. The lowest BCUT2D eigenvalue weighted by Gasteiger charge is -2.32. The molecular weight excluding hydrogens is 398 g/mol. The Morgan fingerprint density at radius 2 is 1.81 bits per heavy atom. The van der Waals surface area contributed by atoms with Crippen LogP contribution in [0.15, 0.2) is 67.0 Å². The largest absolute Gasteiger partial charge is 0.339 e. The fourth-order valence-electron chi connectivity index (χ4n) is 4.38. The molecule has 0 aliphatic carbocycles. The van der Waals surface area contributed by atoms with Gasteiger partial charge in [-0.2, -0.15) is 0 Å². The molecule has 5 rings (SSSR count). The van der Waals surface area contributed by atoms with E-state index in [9.17, 15) is 4.79 Å². The van der Waals surface area contributed by atoms with Crippen LogP contribution in [-0.2, 0) is 0 Å². The van der Waals surface area contributed by atoms with Gasteiger partial charge in [-0.3, -0.25) is 4.79 Å². The van der Waals surface area contributed by atoms with Gasteiger partial charge < -0.3 is 10.2 Å². The molecule has 1 amide bonds. The zero-order chi connectivity index (χ0) is 22.1. The molecule has 162 valence electrons. The third kappa shape index (κ3) is 4.08. The quantitative estimate of drug-likeness (QED) is 0.494. The lowest BCUT2D eigenvalue weighted by molar-refractivity contribution is 0.0712. The minimum Gasteiger partial charge on any atom is -0.339 e. The Morgan fingerprint density at radius 3 is 2.59 bits per heavy atom. The van der Waals surface area contributed by atoms with Crippen molar-refractivity contribution < 1.29 is 4.79 Å². The molecule has 32 heavy (non-hydrogen) atoms. The maximum absolute atomic E-state index is 13.1. The molecule has 1 fully saturated rings. The highest BCUT2D eigenvalue weighted by Gasteiger charge is 2.25. The topological polar surface area (TPSA) is 62.5 Å². The van der Waals surface area contributed by atoms with E-state index >= 15 is 0 Å². The fourth-order valence-corrected chi connectivity index (χ4v) is 4.38. The Bertz CT molecular complexity index is 1260. The molecule has 6 heteroatoms. The number of rotatable bonds is 4. The minimum atomic E-state index is 0.0189. The molecule has 1 N–H and O–H groups in total. The maximum atomic E-state index is 13.1. The molecule has 0 atom stereocenters. The molecule has 1 aliphatic heterocycles. The third-order valence-corrected chi connectivity index (χ3v) is 6.27. The highest BCUT2D eigenvalue weighted by Crippen LogP contribution is 2.28. The minimum absolute atomic E-state index is 0.0189. The number of piperidine rings is 1. The number of carbonyl (C=O) groups is 1. The number of nitrogens with zero attached hydrogens (tertiary/aromatic N) is 4. The molecule has 0 unspecified atom stereocenters.